The van der Waals surface area contributed by atoms with Crippen molar-refractivity contribution in [3.63, 3.8) is 0 Å². The summed E-state index contributed by atoms with van der Waals surface area (Å²) < 4.78 is 10.4. The molecule has 2 rings (SSSR count). The van der Waals surface area contributed by atoms with Gasteiger partial charge in [0.2, 0.25) is 5.78 Å². The van der Waals surface area contributed by atoms with Crippen LogP contribution in [0.25, 0.3) is 0 Å². The van der Waals surface area contributed by atoms with Gasteiger partial charge in [0.25, 0.3) is 0 Å². The zero-order valence-corrected chi connectivity index (χ0v) is 14.9. The number of carbonyl (C=O) groups is 3. The molecule has 0 bridgehead atoms. The second-order valence-electron chi connectivity index (χ2n) is 5.79. The van der Waals surface area contributed by atoms with E-state index in [1.807, 2.05) is 0 Å². The minimum absolute atomic E-state index is 0.121. The summed E-state index contributed by atoms with van der Waals surface area (Å²) in [5.74, 6) is -0.788. The van der Waals surface area contributed by atoms with Crippen LogP contribution in [0.5, 0.6) is 5.75 Å². The number of H-pyrrole nitrogens is 1. The van der Waals surface area contributed by atoms with Crippen LogP contribution in [-0.4, -0.2) is 35.7 Å². The van der Waals surface area contributed by atoms with Crippen molar-refractivity contribution in [3.05, 3.63) is 52.3 Å². The number of rotatable bonds is 6. The third-order valence-corrected chi connectivity index (χ3v) is 4.02. The molecule has 6 heteroatoms. The van der Waals surface area contributed by atoms with Crippen molar-refractivity contribution >= 4 is 17.5 Å². The molecule has 0 radical (unpaired) electrons. The minimum Gasteiger partial charge on any atom is -0.496 e. The molecular weight excluding hydrogens is 322 g/mol. The lowest BCUT2D eigenvalue weighted by Gasteiger charge is -2.13. The number of methoxy groups -OCH3 is 1. The Morgan fingerprint density at radius 1 is 1.12 bits per heavy atom. The molecule has 1 atom stereocenters. The number of benzene rings is 1. The summed E-state index contributed by atoms with van der Waals surface area (Å²) in [6.07, 6.45) is -1.01. The molecule has 1 N–H and O–H groups in total. The van der Waals surface area contributed by atoms with E-state index in [1.165, 1.54) is 21.0 Å². The Kier molecular flexibility index (Phi) is 5.41. The summed E-state index contributed by atoms with van der Waals surface area (Å²) in [7, 11) is 1.45. The molecule has 1 heterocycles. The van der Waals surface area contributed by atoms with Gasteiger partial charge in [0.05, 0.1) is 12.8 Å². The smallest absolute Gasteiger partial charge is 0.342 e. The standard InChI is InChI=1S/C19H21NO5/c1-10-16(12(3)21)11(2)20-17(10)18(22)13(4)25-19(23)14-8-6-7-9-15(14)24-5/h6-9,13,20H,1-5H3. The molecule has 0 fully saturated rings. The van der Waals surface area contributed by atoms with Crippen molar-refractivity contribution in [2.45, 2.75) is 33.8 Å². The summed E-state index contributed by atoms with van der Waals surface area (Å²) in [4.78, 5) is 39.6. The first-order chi connectivity index (χ1) is 11.8. The molecule has 1 unspecified atom stereocenters. The van der Waals surface area contributed by atoms with Crippen molar-refractivity contribution < 1.29 is 23.9 Å². The highest BCUT2D eigenvalue weighted by atomic mass is 16.5. The molecule has 0 aliphatic carbocycles. The molecule has 1 aromatic heterocycles. The fourth-order valence-electron chi connectivity index (χ4n) is 2.82. The van der Waals surface area contributed by atoms with Crippen LogP contribution < -0.4 is 4.74 Å². The van der Waals surface area contributed by atoms with E-state index in [0.717, 1.165) is 0 Å². The summed E-state index contributed by atoms with van der Waals surface area (Å²) in [6.45, 7) is 6.37. The van der Waals surface area contributed by atoms with E-state index in [-0.39, 0.29) is 17.0 Å². The van der Waals surface area contributed by atoms with E-state index in [0.29, 0.717) is 22.6 Å². The Balaban J connectivity index is 2.22. The lowest BCUT2D eigenvalue weighted by Crippen LogP contribution is -2.25. The highest BCUT2D eigenvalue weighted by Gasteiger charge is 2.27. The number of hydrogen-bond donors (Lipinski definition) is 1. The van der Waals surface area contributed by atoms with Crippen LogP contribution in [-0.2, 0) is 4.74 Å². The van der Waals surface area contributed by atoms with Gasteiger partial charge in [0.1, 0.15) is 11.3 Å². The van der Waals surface area contributed by atoms with Crippen molar-refractivity contribution in [1.29, 1.82) is 0 Å². The number of aryl methyl sites for hydroxylation is 1. The highest BCUT2D eigenvalue weighted by molar-refractivity contribution is 6.05. The maximum atomic E-state index is 12.6. The van der Waals surface area contributed by atoms with Crippen molar-refractivity contribution in [2.24, 2.45) is 0 Å². The fourth-order valence-corrected chi connectivity index (χ4v) is 2.82. The van der Waals surface area contributed by atoms with Gasteiger partial charge in [-0.15, -0.1) is 0 Å². The monoisotopic (exact) mass is 343 g/mol. The SMILES string of the molecule is COc1ccccc1C(=O)OC(C)C(=O)c1[nH]c(C)c(C(C)=O)c1C. The lowest BCUT2D eigenvalue weighted by atomic mass is 10.0. The molecule has 1 aromatic carbocycles. The Morgan fingerprint density at radius 2 is 1.76 bits per heavy atom. The molecule has 2 aromatic rings. The molecule has 0 aliphatic heterocycles. The summed E-state index contributed by atoms with van der Waals surface area (Å²) >= 11 is 0. The number of aromatic nitrogens is 1. The number of esters is 1. The number of hydrogen-bond acceptors (Lipinski definition) is 5. The Bertz CT molecular complexity index is 834. The van der Waals surface area contributed by atoms with Gasteiger partial charge in [-0.1, -0.05) is 12.1 Å². The average Bonchev–Trinajstić information content (AvgIpc) is 2.88. The molecule has 0 spiro atoms. The van der Waals surface area contributed by atoms with Crippen LogP contribution in [0.3, 0.4) is 0 Å². The third kappa shape index (κ3) is 3.63. The maximum absolute atomic E-state index is 12.6. The summed E-state index contributed by atoms with van der Waals surface area (Å²) in [5, 5.41) is 0. The molecule has 0 amide bonds. The first-order valence-electron chi connectivity index (χ1n) is 7.86. The van der Waals surface area contributed by atoms with Crippen molar-refractivity contribution in [2.75, 3.05) is 7.11 Å². The Hall–Kier alpha value is -2.89. The minimum atomic E-state index is -1.01. The van der Waals surface area contributed by atoms with E-state index in [4.69, 9.17) is 9.47 Å². The molecule has 25 heavy (non-hydrogen) atoms. The fraction of sp³-hybridized carbons (Fsp3) is 0.316. The van der Waals surface area contributed by atoms with E-state index in [1.54, 1.807) is 38.1 Å². The average molecular weight is 343 g/mol. The summed E-state index contributed by atoms with van der Waals surface area (Å²) in [5.41, 5.74) is 2.20. The Labute approximate surface area is 146 Å². The number of aromatic amines is 1. The van der Waals surface area contributed by atoms with Gasteiger partial charge < -0.3 is 14.5 Å². The van der Waals surface area contributed by atoms with Gasteiger partial charge >= 0.3 is 5.97 Å². The van der Waals surface area contributed by atoms with Crippen LogP contribution in [0.15, 0.2) is 24.3 Å². The van der Waals surface area contributed by atoms with E-state index in [9.17, 15) is 14.4 Å². The Morgan fingerprint density at radius 3 is 2.32 bits per heavy atom. The van der Waals surface area contributed by atoms with E-state index >= 15 is 0 Å². The largest absolute Gasteiger partial charge is 0.496 e. The topological polar surface area (TPSA) is 85.5 Å². The van der Waals surface area contributed by atoms with Crippen molar-refractivity contribution in [1.82, 2.24) is 4.98 Å². The molecule has 0 saturated heterocycles. The van der Waals surface area contributed by atoms with Gasteiger partial charge in [-0.25, -0.2) is 4.79 Å². The number of Topliss-reactive ketones (excluding diaryl/α,β-unsaturated/α-hetero) is 2. The first kappa shape index (κ1) is 18.4. The highest BCUT2D eigenvalue weighted by Crippen LogP contribution is 2.22. The zero-order valence-electron chi connectivity index (χ0n) is 14.9. The van der Waals surface area contributed by atoms with Crippen LogP contribution in [0, 0.1) is 13.8 Å². The van der Waals surface area contributed by atoms with Crippen molar-refractivity contribution in [3.8, 4) is 5.75 Å². The second kappa shape index (κ2) is 7.34. The van der Waals surface area contributed by atoms with E-state index in [2.05, 4.69) is 4.98 Å². The van der Waals surface area contributed by atoms with Gasteiger partial charge in [0.15, 0.2) is 11.9 Å². The lowest BCUT2D eigenvalue weighted by molar-refractivity contribution is 0.0314. The normalized spacial score (nSPS) is 11.7. The molecule has 132 valence electrons. The number of para-hydroxylation sites is 1. The van der Waals surface area contributed by atoms with Crippen LogP contribution in [0.2, 0.25) is 0 Å². The van der Waals surface area contributed by atoms with Gasteiger partial charge in [-0.2, -0.15) is 0 Å². The predicted octanol–water partition coefficient (Wildman–Crippen LogP) is 3.27. The third-order valence-electron chi connectivity index (χ3n) is 4.02. The van der Waals surface area contributed by atoms with Crippen LogP contribution in [0.1, 0.15) is 56.3 Å². The number of ether oxygens (including phenoxy) is 2. The van der Waals surface area contributed by atoms with E-state index < -0.39 is 17.9 Å². The number of nitrogens with one attached hydrogen (secondary N) is 1. The molecule has 0 aliphatic rings. The molecular formula is C19H21NO5. The van der Waals surface area contributed by atoms with Gasteiger partial charge in [0, 0.05) is 11.3 Å². The van der Waals surface area contributed by atoms with Gasteiger partial charge in [-0.05, 0) is 45.4 Å². The van der Waals surface area contributed by atoms with Crippen LogP contribution >= 0.6 is 0 Å². The predicted molar refractivity (Wildman–Crippen MR) is 92.5 cm³/mol. The first-order valence-corrected chi connectivity index (χ1v) is 7.86. The zero-order chi connectivity index (χ0) is 18.7. The van der Waals surface area contributed by atoms with Crippen LogP contribution in [0.4, 0.5) is 0 Å². The summed E-state index contributed by atoms with van der Waals surface area (Å²) in [6, 6.07) is 6.62. The molecule has 0 saturated carbocycles. The number of ketones is 2. The molecule has 6 nitrogen and oxygen atoms in total. The van der Waals surface area contributed by atoms with Gasteiger partial charge in [-0.3, -0.25) is 9.59 Å². The quantitative estimate of drug-likeness (QED) is 0.643. The second-order valence-corrected chi connectivity index (χ2v) is 5.79. The maximum Gasteiger partial charge on any atom is 0.342 e. The number of carbonyl (C=O) groups excluding carboxylic acids is 3.